The van der Waals surface area contributed by atoms with Crippen molar-refractivity contribution in [3.8, 4) is 17.2 Å². The Hall–Kier alpha value is -2.89. The minimum absolute atomic E-state index is 0. The second-order valence-corrected chi connectivity index (χ2v) is 6.58. The topological polar surface area (TPSA) is 72.7 Å². The van der Waals surface area contributed by atoms with Crippen LogP contribution in [0.5, 0.6) is 11.5 Å². The molecule has 0 saturated carbocycles. The summed E-state index contributed by atoms with van der Waals surface area (Å²) in [5.74, 6) is 1.19. The molecule has 2 aromatic carbocycles. The summed E-state index contributed by atoms with van der Waals surface area (Å²) in [6, 6.07) is 14.6. The Morgan fingerprint density at radius 3 is 2.62 bits per heavy atom. The van der Waals surface area contributed by atoms with Crippen molar-refractivity contribution in [2.24, 2.45) is 4.99 Å². The number of benzene rings is 2. The number of hydrogen-bond donors (Lipinski definition) is 2. The Morgan fingerprint density at radius 2 is 1.94 bits per heavy atom. The van der Waals surface area contributed by atoms with Gasteiger partial charge in [-0.2, -0.15) is 13.9 Å². The van der Waals surface area contributed by atoms with Crippen LogP contribution >= 0.6 is 24.0 Å². The van der Waals surface area contributed by atoms with E-state index in [1.165, 1.54) is 13.2 Å². The normalized spacial score (nSPS) is 11.1. The van der Waals surface area contributed by atoms with Crippen LogP contribution in [-0.2, 0) is 13.0 Å². The Bertz CT molecular complexity index is 999. The van der Waals surface area contributed by atoms with E-state index >= 15 is 0 Å². The van der Waals surface area contributed by atoms with Gasteiger partial charge in [0.15, 0.2) is 5.96 Å². The molecule has 1 aromatic heterocycles. The highest BCUT2D eigenvalue weighted by Crippen LogP contribution is 2.25. The van der Waals surface area contributed by atoms with Crippen LogP contribution in [0.4, 0.5) is 8.78 Å². The van der Waals surface area contributed by atoms with Crippen molar-refractivity contribution in [1.29, 1.82) is 0 Å². The van der Waals surface area contributed by atoms with Gasteiger partial charge in [0.2, 0.25) is 0 Å². The number of para-hydroxylation sites is 1. The average molecular weight is 557 g/mol. The van der Waals surface area contributed by atoms with Gasteiger partial charge in [0.1, 0.15) is 11.5 Å². The molecular formula is C22H26F2IN5O2. The summed E-state index contributed by atoms with van der Waals surface area (Å²) in [5, 5.41) is 10.7. The minimum atomic E-state index is -2.90. The minimum Gasteiger partial charge on any atom is -0.497 e. The molecule has 0 atom stereocenters. The molecule has 0 radical (unpaired) electrons. The zero-order chi connectivity index (χ0) is 22.1. The Morgan fingerprint density at radius 1 is 1.16 bits per heavy atom. The highest BCUT2D eigenvalue weighted by atomic mass is 127. The van der Waals surface area contributed by atoms with E-state index in [1.54, 1.807) is 19.2 Å². The fraction of sp³-hybridized carbons (Fsp3) is 0.273. The third-order valence-corrected chi connectivity index (χ3v) is 4.52. The maximum atomic E-state index is 12.7. The third-order valence-electron chi connectivity index (χ3n) is 4.52. The number of rotatable bonds is 9. The van der Waals surface area contributed by atoms with Gasteiger partial charge in [0.25, 0.3) is 0 Å². The van der Waals surface area contributed by atoms with Gasteiger partial charge in [-0.3, -0.25) is 4.99 Å². The van der Waals surface area contributed by atoms with Gasteiger partial charge in [-0.25, -0.2) is 4.68 Å². The highest BCUT2D eigenvalue weighted by molar-refractivity contribution is 14.0. The van der Waals surface area contributed by atoms with Crippen molar-refractivity contribution in [3.05, 3.63) is 72.1 Å². The molecule has 1 heterocycles. The first-order valence-electron chi connectivity index (χ1n) is 9.74. The number of nitrogens with zero attached hydrogens (tertiary/aromatic N) is 3. The van der Waals surface area contributed by atoms with Gasteiger partial charge >= 0.3 is 6.61 Å². The summed E-state index contributed by atoms with van der Waals surface area (Å²) in [4.78, 5) is 4.17. The molecule has 32 heavy (non-hydrogen) atoms. The van der Waals surface area contributed by atoms with E-state index in [9.17, 15) is 8.78 Å². The van der Waals surface area contributed by atoms with E-state index in [4.69, 9.17) is 4.74 Å². The molecule has 3 rings (SSSR count). The molecule has 0 spiro atoms. The molecule has 0 aliphatic rings. The van der Waals surface area contributed by atoms with Crippen molar-refractivity contribution in [1.82, 2.24) is 20.4 Å². The summed E-state index contributed by atoms with van der Waals surface area (Å²) >= 11 is 0. The fourth-order valence-electron chi connectivity index (χ4n) is 2.97. The number of methoxy groups -OCH3 is 1. The largest absolute Gasteiger partial charge is 0.497 e. The number of hydrogen-bond acceptors (Lipinski definition) is 4. The van der Waals surface area contributed by atoms with Crippen molar-refractivity contribution in [2.75, 3.05) is 20.7 Å². The van der Waals surface area contributed by atoms with E-state index in [0.717, 1.165) is 17.7 Å². The Labute approximate surface area is 202 Å². The summed E-state index contributed by atoms with van der Waals surface area (Å²) in [7, 11) is 3.16. The standard InChI is InChI=1S/C22H25F2N5O2.HI/c1-25-22(27-14-17-12-19(30-2)8-9-20(17)31-21(23)24)26-11-10-16-13-28-29(15-16)18-6-4-3-5-7-18;/h3-9,12-13,15,21H,10-11,14H2,1-2H3,(H2,25,26,27);1H. The average Bonchev–Trinajstić information content (AvgIpc) is 3.26. The van der Waals surface area contributed by atoms with Crippen LogP contribution in [0, 0.1) is 0 Å². The van der Waals surface area contributed by atoms with Gasteiger partial charge in [-0.15, -0.1) is 24.0 Å². The molecule has 0 unspecified atom stereocenters. The van der Waals surface area contributed by atoms with Crippen molar-refractivity contribution in [2.45, 2.75) is 19.6 Å². The lowest BCUT2D eigenvalue weighted by molar-refractivity contribution is -0.0504. The molecule has 0 amide bonds. The summed E-state index contributed by atoms with van der Waals surface area (Å²) in [6.45, 7) is -2.04. The number of ether oxygens (including phenoxy) is 2. The monoisotopic (exact) mass is 557 g/mol. The molecule has 3 aromatic rings. The van der Waals surface area contributed by atoms with Gasteiger partial charge in [0, 0.05) is 31.9 Å². The molecule has 172 valence electrons. The highest BCUT2D eigenvalue weighted by Gasteiger charge is 2.11. The molecule has 0 aliphatic carbocycles. The van der Waals surface area contributed by atoms with Crippen LogP contribution in [0.25, 0.3) is 5.69 Å². The van der Waals surface area contributed by atoms with E-state index in [0.29, 0.717) is 23.8 Å². The number of nitrogens with one attached hydrogen (secondary N) is 2. The third kappa shape index (κ3) is 7.36. The molecule has 7 nitrogen and oxygen atoms in total. The predicted molar refractivity (Wildman–Crippen MR) is 131 cm³/mol. The maximum Gasteiger partial charge on any atom is 0.387 e. The van der Waals surface area contributed by atoms with Gasteiger partial charge in [0.05, 0.1) is 19.0 Å². The zero-order valence-electron chi connectivity index (χ0n) is 17.8. The number of halogens is 3. The lowest BCUT2D eigenvalue weighted by Crippen LogP contribution is -2.37. The second kappa shape index (κ2) is 12.8. The first kappa shape index (κ1) is 25.4. The second-order valence-electron chi connectivity index (χ2n) is 6.58. The van der Waals surface area contributed by atoms with E-state index < -0.39 is 6.61 Å². The zero-order valence-corrected chi connectivity index (χ0v) is 20.1. The molecule has 0 aliphatic heterocycles. The number of aliphatic imine (C=N–C) groups is 1. The maximum absolute atomic E-state index is 12.7. The van der Waals surface area contributed by atoms with Crippen LogP contribution in [0.2, 0.25) is 0 Å². The number of alkyl halides is 2. The lowest BCUT2D eigenvalue weighted by Gasteiger charge is -2.15. The van der Waals surface area contributed by atoms with Crippen molar-refractivity contribution < 1.29 is 18.3 Å². The molecular weight excluding hydrogens is 531 g/mol. The van der Waals surface area contributed by atoms with Crippen LogP contribution < -0.4 is 20.1 Å². The van der Waals surface area contributed by atoms with E-state index in [2.05, 4.69) is 25.5 Å². The van der Waals surface area contributed by atoms with Crippen LogP contribution in [0.3, 0.4) is 0 Å². The van der Waals surface area contributed by atoms with Crippen LogP contribution in [-0.4, -0.2) is 43.1 Å². The molecule has 0 fully saturated rings. The molecule has 10 heteroatoms. The summed E-state index contributed by atoms with van der Waals surface area (Å²) in [6.07, 6.45) is 4.55. The van der Waals surface area contributed by atoms with Crippen LogP contribution in [0.1, 0.15) is 11.1 Å². The van der Waals surface area contributed by atoms with Crippen molar-refractivity contribution >= 4 is 29.9 Å². The fourth-order valence-corrected chi connectivity index (χ4v) is 2.97. The van der Waals surface area contributed by atoms with Gasteiger partial charge < -0.3 is 20.1 Å². The summed E-state index contributed by atoms with van der Waals surface area (Å²) < 4.78 is 36.9. The van der Waals surface area contributed by atoms with E-state index in [1.807, 2.05) is 47.4 Å². The van der Waals surface area contributed by atoms with Gasteiger partial charge in [-0.05, 0) is 42.3 Å². The lowest BCUT2D eigenvalue weighted by atomic mass is 10.2. The molecule has 2 N–H and O–H groups in total. The Kier molecular flexibility index (Phi) is 10.2. The van der Waals surface area contributed by atoms with Crippen LogP contribution in [0.15, 0.2) is 65.9 Å². The van der Waals surface area contributed by atoms with Gasteiger partial charge in [-0.1, -0.05) is 18.2 Å². The Balaban J connectivity index is 0.00000363. The smallest absolute Gasteiger partial charge is 0.387 e. The molecule has 0 bridgehead atoms. The predicted octanol–water partition coefficient (Wildman–Crippen LogP) is 4.01. The first-order chi connectivity index (χ1) is 15.1. The first-order valence-corrected chi connectivity index (χ1v) is 9.74. The quantitative estimate of drug-likeness (QED) is 0.237. The number of guanidine groups is 1. The number of aromatic nitrogens is 2. The van der Waals surface area contributed by atoms with Crippen molar-refractivity contribution in [3.63, 3.8) is 0 Å². The summed E-state index contributed by atoms with van der Waals surface area (Å²) in [5.41, 5.74) is 2.61. The van der Waals surface area contributed by atoms with E-state index in [-0.39, 0.29) is 36.3 Å². The molecule has 0 saturated heterocycles. The SMILES string of the molecule is CN=C(NCCc1cnn(-c2ccccc2)c1)NCc1cc(OC)ccc1OC(F)F.I.